The highest BCUT2D eigenvalue weighted by atomic mass is 79.9. The van der Waals surface area contributed by atoms with Crippen LogP contribution in [0.15, 0.2) is 29.2 Å². The standard InChI is InChI=1S/C13H18BrNO4S/c1-18-11-2-4-12(5-3-11)20(16,17)15-13(10-14)6-8-19-9-7-13/h2-5,15H,6-10H2,1H3. The number of nitrogens with one attached hydrogen (secondary N) is 1. The van der Waals surface area contributed by atoms with Crippen molar-refractivity contribution in [2.75, 3.05) is 25.7 Å². The van der Waals surface area contributed by atoms with E-state index in [4.69, 9.17) is 9.47 Å². The van der Waals surface area contributed by atoms with Crippen molar-refractivity contribution in [3.63, 3.8) is 0 Å². The SMILES string of the molecule is COc1ccc(S(=O)(=O)NC2(CBr)CCOCC2)cc1. The molecule has 0 saturated carbocycles. The van der Waals surface area contributed by atoms with Gasteiger partial charge in [-0.15, -0.1) is 0 Å². The topological polar surface area (TPSA) is 64.6 Å². The van der Waals surface area contributed by atoms with E-state index in [-0.39, 0.29) is 4.90 Å². The Morgan fingerprint density at radius 3 is 2.40 bits per heavy atom. The van der Waals surface area contributed by atoms with Crippen molar-refractivity contribution in [2.45, 2.75) is 23.3 Å². The van der Waals surface area contributed by atoms with Gasteiger partial charge in [0.1, 0.15) is 5.75 Å². The zero-order valence-corrected chi connectivity index (χ0v) is 13.7. The summed E-state index contributed by atoms with van der Waals surface area (Å²) >= 11 is 3.41. The van der Waals surface area contributed by atoms with E-state index in [1.807, 2.05) is 0 Å². The second kappa shape index (κ2) is 6.43. The van der Waals surface area contributed by atoms with Crippen molar-refractivity contribution < 1.29 is 17.9 Å². The number of hydrogen-bond donors (Lipinski definition) is 1. The Hall–Kier alpha value is -0.630. The molecule has 1 fully saturated rings. The van der Waals surface area contributed by atoms with Crippen LogP contribution >= 0.6 is 15.9 Å². The van der Waals surface area contributed by atoms with Crippen molar-refractivity contribution in [1.82, 2.24) is 4.72 Å². The highest BCUT2D eigenvalue weighted by Crippen LogP contribution is 2.26. The maximum atomic E-state index is 12.5. The van der Waals surface area contributed by atoms with Gasteiger partial charge in [0.15, 0.2) is 0 Å². The van der Waals surface area contributed by atoms with Crippen LogP contribution in [0, 0.1) is 0 Å². The van der Waals surface area contributed by atoms with Crippen LogP contribution in [0.25, 0.3) is 0 Å². The lowest BCUT2D eigenvalue weighted by atomic mass is 9.94. The van der Waals surface area contributed by atoms with E-state index in [1.54, 1.807) is 31.4 Å². The Morgan fingerprint density at radius 2 is 1.90 bits per heavy atom. The first-order chi connectivity index (χ1) is 9.51. The molecule has 0 unspecified atom stereocenters. The second-order valence-electron chi connectivity index (χ2n) is 4.81. The van der Waals surface area contributed by atoms with Gasteiger partial charge in [-0.3, -0.25) is 0 Å². The smallest absolute Gasteiger partial charge is 0.241 e. The number of rotatable bonds is 5. The zero-order chi connectivity index (χ0) is 14.6. The van der Waals surface area contributed by atoms with Gasteiger partial charge in [-0.25, -0.2) is 13.1 Å². The van der Waals surface area contributed by atoms with Gasteiger partial charge in [0.05, 0.1) is 12.0 Å². The molecule has 1 aromatic carbocycles. The molecular formula is C13H18BrNO4S. The molecule has 1 N–H and O–H groups in total. The van der Waals surface area contributed by atoms with Crippen LogP contribution in [0.4, 0.5) is 0 Å². The molecule has 112 valence electrons. The molecule has 0 atom stereocenters. The van der Waals surface area contributed by atoms with Gasteiger partial charge in [-0.2, -0.15) is 0 Å². The van der Waals surface area contributed by atoms with E-state index in [0.29, 0.717) is 37.1 Å². The lowest BCUT2D eigenvalue weighted by Crippen LogP contribution is -2.53. The van der Waals surface area contributed by atoms with Crippen molar-refractivity contribution in [1.29, 1.82) is 0 Å². The third-order valence-electron chi connectivity index (χ3n) is 3.43. The predicted octanol–water partition coefficient (Wildman–Crippen LogP) is 1.92. The van der Waals surface area contributed by atoms with E-state index in [1.165, 1.54) is 0 Å². The fourth-order valence-corrected chi connectivity index (χ4v) is 4.47. The van der Waals surface area contributed by atoms with Crippen molar-refractivity contribution in [2.24, 2.45) is 0 Å². The summed E-state index contributed by atoms with van der Waals surface area (Å²) in [6.45, 7) is 1.13. The van der Waals surface area contributed by atoms with E-state index < -0.39 is 15.6 Å². The summed E-state index contributed by atoms with van der Waals surface area (Å²) < 4.78 is 38.1. The molecule has 7 heteroatoms. The predicted molar refractivity (Wildman–Crippen MR) is 79.9 cm³/mol. The van der Waals surface area contributed by atoms with E-state index >= 15 is 0 Å². The van der Waals surface area contributed by atoms with Gasteiger partial charge in [0.2, 0.25) is 10.0 Å². The van der Waals surface area contributed by atoms with Gasteiger partial charge >= 0.3 is 0 Å². The minimum absolute atomic E-state index is 0.241. The number of halogens is 1. The molecule has 5 nitrogen and oxygen atoms in total. The van der Waals surface area contributed by atoms with Crippen LogP contribution in [-0.4, -0.2) is 39.6 Å². The average Bonchev–Trinajstić information content (AvgIpc) is 2.48. The van der Waals surface area contributed by atoms with Gasteiger partial charge in [0, 0.05) is 24.1 Å². The molecule has 2 rings (SSSR count). The van der Waals surface area contributed by atoms with Crippen LogP contribution in [0.2, 0.25) is 0 Å². The Kier molecular flexibility index (Phi) is 5.06. The quantitative estimate of drug-likeness (QED) is 0.811. The number of hydrogen-bond acceptors (Lipinski definition) is 4. The molecule has 1 aliphatic rings. The molecule has 1 aromatic rings. The third-order valence-corrected chi connectivity index (χ3v) is 6.09. The van der Waals surface area contributed by atoms with Crippen molar-refractivity contribution in [3.8, 4) is 5.75 Å². The number of sulfonamides is 1. The van der Waals surface area contributed by atoms with Crippen molar-refractivity contribution >= 4 is 26.0 Å². The van der Waals surface area contributed by atoms with Crippen LogP contribution in [0.3, 0.4) is 0 Å². The minimum atomic E-state index is -3.55. The number of benzene rings is 1. The van der Waals surface area contributed by atoms with Crippen LogP contribution in [-0.2, 0) is 14.8 Å². The Balaban J connectivity index is 2.20. The van der Waals surface area contributed by atoms with Gasteiger partial charge < -0.3 is 9.47 Å². The molecule has 0 bridgehead atoms. The lowest BCUT2D eigenvalue weighted by Gasteiger charge is -2.36. The first-order valence-corrected chi connectivity index (χ1v) is 8.94. The highest BCUT2D eigenvalue weighted by Gasteiger charge is 2.36. The average molecular weight is 364 g/mol. The second-order valence-corrected chi connectivity index (χ2v) is 7.05. The monoisotopic (exact) mass is 363 g/mol. The first kappa shape index (κ1) is 15.8. The zero-order valence-electron chi connectivity index (χ0n) is 11.3. The Bertz CT molecular complexity index is 538. The largest absolute Gasteiger partial charge is 0.497 e. The van der Waals surface area contributed by atoms with E-state index in [2.05, 4.69) is 20.7 Å². The summed E-state index contributed by atoms with van der Waals surface area (Å²) in [6.07, 6.45) is 1.32. The molecule has 1 heterocycles. The maximum Gasteiger partial charge on any atom is 0.241 e. The summed E-state index contributed by atoms with van der Waals surface area (Å²) in [7, 11) is -2.00. The Labute approximate surface area is 127 Å². The molecule has 0 aliphatic carbocycles. The van der Waals surface area contributed by atoms with Gasteiger partial charge in [-0.05, 0) is 37.1 Å². The number of ether oxygens (including phenoxy) is 2. The summed E-state index contributed by atoms with van der Waals surface area (Å²) in [5.74, 6) is 0.630. The normalized spacial score (nSPS) is 18.7. The molecule has 0 spiro atoms. The summed E-state index contributed by atoms with van der Waals surface area (Å²) in [5.41, 5.74) is -0.475. The van der Waals surface area contributed by atoms with Crippen LogP contribution in [0.5, 0.6) is 5.75 Å². The fourth-order valence-electron chi connectivity index (χ4n) is 2.12. The first-order valence-electron chi connectivity index (χ1n) is 6.33. The number of alkyl halides is 1. The fraction of sp³-hybridized carbons (Fsp3) is 0.538. The summed E-state index contributed by atoms with van der Waals surface area (Å²) in [6, 6.07) is 6.36. The lowest BCUT2D eigenvalue weighted by molar-refractivity contribution is 0.0557. The van der Waals surface area contributed by atoms with E-state index in [9.17, 15) is 8.42 Å². The molecule has 20 heavy (non-hydrogen) atoms. The van der Waals surface area contributed by atoms with Gasteiger partial charge in [0.25, 0.3) is 0 Å². The van der Waals surface area contributed by atoms with Crippen LogP contribution in [0.1, 0.15) is 12.8 Å². The van der Waals surface area contributed by atoms with Gasteiger partial charge in [-0.1, -0.05) is 15.9 Å². The molecular weight excluding hydrogens is 346 g/mol. The third kappa shape index (κ3) is 3.52. The molecule has 0 radical (unpaired) electrons. The molecule has 0 amide bonds. The molecule has 0 aromatic heterocycles. The Morgan fingerprint density at radius 1 is 1.30 bits per heavy atom. The molecule has 1 saturated heterocycles. The summed E-state index contributed by atoms with van der Waals surface area (Å²) in [5, 5.41) is 0.568. The van der Waals surface area contributed by atoms with E-state index in [0.717, 1.165) is 0 Å². The maximum absolute atomic E-state index is 12.5. The molecule has 1 aliphatic heterocycles. The van der Waals surface area contributed by atoms with Crippen LogP contribution < -0.4 is 9.46 Å². The summed E-state index contributed by atoms with van der Waals surface area (Å²) in [4.78, 5) is 0.241. The highest BCUT2D eigenvalue weighted by molar-refractivity contribution is 9.09. The minimum Gasteiger partial charge on any atom is -0.497 e. The number of methoxy groups -OCH3 is 1. The van der Waals surface area contributed by atoms with Crippen molar-refractivity contribution in [3.05, 3.63) is 24.3 Å².